The van der Waals surface area contributed by atoms with Crippen molar-refractivity contribution in [3.63, 3.8) is 0 Å². The van der Waals surface area contributed by atoms with Crippen LogP contribution in [-0.4, -0.2) is 34.4 Å². The third kappa shape index (κ3) is 2.38. The first kappa shape index (κ1) is 12.0. The van der Waals surface area contributed by atoms with Gasteiger partial charge in [-0.2, -0.15) is 0 Å². The molecule has 4 heteroatoms. The number of halogens is 1. The van der Waals surface area contributed by atoms with E-state index in [4.69, 9.17) is 11.6 Å². The Hall–Kier alpha value is -1.06. The van der Waals surface area contributed by atoms with Gasteiger partial charge in [-0.1, -0.05) is 11.6 Å². The van der Waals surface area contributed by atoms with Crippen LogP contribution in [0.4, 0.5) is 0 Å². The fraction of sp³-hybridized carbons (Fsp3) is 0.500. The zero-order valence-electron chi connectivity index (χ0n) is 10.6. The minimum absolute atomic E-state index is 0.729. The molecule has 0 bridgehead atoms. The molecule has 0 N–H and O–H groups in total. The lowest BCUT2D eigenvalue weighted by Gasteiger charge is -2.28. The molecule has 1 fully saturated rings. The van der Waals surface area contributed by atoms with E-state index in [1.54, 1.807) is 0 Å². The molecule has 1 saturated heterocycles. The summed E-state index contributed by atoms with van der Waals surface area (Å²) < 4.78 is 2.02. The molecule has 1 aliphatic heterocycles. The normalized spacial score (nSPS) is 18.6. The Morgan fingerprint density at radius 2 is 2.17 bits per heavy atom. The number of fused-ring (bicyclic) bond motifs is 1. The van der Waals surface area contributed by atoms with Gasteiger partial charge in [0.2, 0.25) is 0 Å². The second-order valence-corrected chi connectivity index (χ2v) is 5.68. The first-order chi connectivity index (χ1) is 8.72. The summed E-state index contributed by atoms with van der Waals surface area (Å²) >= 11 is 6.14. The van der Waals surface area contributed by atoms with E-state index in [2.05, 4.69) is 23.1 Å². The van der Waals surface area contributed by atoms with Crippen molar-refractivity contribution in [2.45, 2.75) is 19.3 Å². The van der Waals surface area contributed by atoms with Crippen LogP contribution in [0.25, 0.3) is 5.65 Å². The molecule has 0 amide bonds. The Bertz CT molecular complexity index is 541. The fourth-order valence-electron chi connectivity index (χ4n) is 2.69. The second kappa shape index (κ2) is 4.90. The molecule has 3 rings (SSSR count). The lowest BCUT2D eigenvalue weighted by Crippen LogP contribution is -2.30. The van der Waals surface area contributed by atoms with Gasteiger partial charge in [-0.3, -0.25) is 0 Å². The van der Waals surface area contributed by atoms with Gasteiger partial charge in [0.05, 0.1) is 10.7 Å². The molecule has 0 unspecified atom stereocenters. The van der Waals surface area contributed by atoms with Gasteiger partial charge in [-0.15, -0.1) is 0 Å². The number of pyridine rings is 1. The number of hydrogen-bond acceptors (Lipinski definition) is 2. The minimum atomic E-state index is 0.729. The smallest absolute Gasteiger partial charge is 0.155 e. The van der Waals surface area contributed by atoms with Crippen molar-refractivity contribution in [1.82, 2.24) is 14.3 Å². The number of hydrogen-bond donors (Lipinski definition) is 0. The van der Waals surface area contributed by atoms with Gasteiger partial charge in [0.15, 0.2) is 5.65 Å². The molecule has 18 heavy (non-hydrogen) atoms. The standard InChI is InChI=1S/C14H18ClN3/c1-17-7-4-11(5-8-17)9-12-10-18-6-2-3-13(15)14(18)16-12/h2-3,6,10-11H,4-5,7-9H2,1H3. The van der Waals surface area contributed by atoms with Gasteiger partial charge >= 0.3 is 0 Å². The third-order valence-corrected chi connectivity index (χ3v) is 4.12. The zero-order valence-corrected chi connectivity index (χ0v) is 11.4. The van der Waals surface area contributed by atoms with Crippen molar-refractivity contribution < 1.29 is 0 Å². The average molecular weight is 264 g/mol. The van der Waals surface area contributed by atoms with E-state index >= 15 is 0 Å². The van der Waals surface area contributed by atoms with Crippen LogP contribution in [0, 0.1) is 5.92 Å². The summed E-state index contributed by atoms with van der Waals surface area (Å²) in [4.78, 5) is 7.04. The van der Waals surface area contributed by atoms with E-state index in [1.807, 2.05) is 22.7 Å². The van der Waals surface area contributed by atoms with E-state index in [9.17, 15) is 0 Å². The lowest BCUT2D eigenvalue weighted by atomic mass is 9.93. The monoisotopic (exact) mass is 263 g/mol. The summed E-state index contributed by atoms with van der Waals surface area (Å²) in [5.41, 5.74) is 2.04. The topological polar surface area (TPSA) is 20.5 Å². The second-order valence-electron chi connectivity index (χ2n) is 5.27. The molecule has 2 aromatic rings. The predicted octanol–water partition coefficient (Wildman–Crippen LogP) is 2.87. The number of piperidine rings is 1. The van der Waals surface area contributed by atoms with Crippen molar-refractivity contribution >= 4 is 17.2 Å². The fourth-order valence-corrected chi connectivity index (χ4v) is 2.90. The van der Waals surface area contributed by atoms with Crippen LogP contribution in [0.15, 0.2) is 24.5 Å². The molecule has 96 valence electrons. The van der Waals surface area contributed by atoms with Crippen LogP contribution in [0.5, 0.6) is 0 Å². The number of aromatic nitrogens is 2. The zero-order chi connectivity index (χ0) is 12.5. The molecule has 0 spiro atoms. The number of imidazole rings is 1. The number of likely N-dealkylation sites (tertiary alicyclic amines) is 1. The molecule has 0 aromatic carbocycles. The van der Waals surface area contributed by atoms with Crippen LogP contribution in [-0.2, 0) is 6.42 Å². The summed E-state index contributed by atoms with van der Waals surface area (Å²) in [6, 6.07) is 3.85. The molecule has 1 aliphatic rings. The minimum Gasteiger partial charge on any atom is -0.306 e. The van der Waals surface area contributed by atoms with Gasteiger partial charge in [-0.05, 0) is 57.5 Å². The van der Waals surface area contributed by atoms with E-state index in [-0.39, 0.29) is 0 Å². The van der Waals surface area contributed by atoms with E-state index in [0.29, 0.717) is 0 Å². The average Bonchev–Trinajstić information content (AvgIpc) is 2.76. The maximum atomic E-state index is 6.14. The first-order valence-electron chi connectivity index (χ1n) is 6.53. The Labute approximate surface area is 112 Å². The molecular weight excluding hydrogens is 246 g/mol. The van der Waals surface area contributed by atoms with E-state index < -0.39 is 0 Å². The van der Waals surface area contributed by atoms with Crippen molar-refractivity contribution in [1.29, 1.82) is 0 Å². The SMILES string of the molecule is CN1CCC(Cc2cn3cccc(Cl)c3n2)CC1. The van der Waals surface area contributed by atoms with Crippen LogP contribution in [0.2, 0.25) is 5.02 Å². The highest BCUT2D eigenvalue weighted by Gasteiger charge is 2.18. The quantitative estimate of drug-likeness (QED) is 0.831. The highest BCUT2D eigenvalue weighted by atomic mass is 35.5. The Balaban J connectivity index is 1.77. The summed E-state index contributed by atoms with van der Waals surface area (Å²) in [6.07, 6.45) is 7.74. The molecule has 3 heterocycles. The molecule has 0 atom stereocenters. The van der Waals surface area contributed by atoms with E-state index in [1.165, 1.54) is 25.9 Å². The Morgan fingerprint density at radius 1 is 1.39 bits per heavy atom. The highest BCUT2D eigenvalue weighted by Crippen LogP contribution is 2.22. The van der Waals surface area contributed by atoms with Crippen LogP contribution in [0.1, 0.15) is 18.5 Å². The highest BCUT2D eigenvalue weighted by molar-refractivity contribution is 6.33. The van der Waals surface area contributed by atoms with Gasteiger partial charge in [0.1, 0.15) is 0 Å². The summed E-state index contributed by atoms with van der Waals surface area (Å²) in [5, 5.41) is 0.729. The predicted molar refractivity (Wildman–Crippen MR) is 74.1 cm³/mol. The molecule has 0 saturated carbocycles. The molecule has 3 nitrogen and oxygen atoms in total. The largest absolute Gasteiger partial charge is 0.306 e. The van der Waals surface area contributed by atoms with Crippen molar-refractivity contribution in [2.24, 2.45) is 5.92 Å². The molecule has 0 radical (unpaired) electrons. The summed E-state index contributed by atoms with van der Waals surface area (Å²) in [5.74, 6) is 0.768. The van der Waals surface area contributed by atoms with Crippen molar-refractivity contribution in [3.05, 3.63) is 35.2 Å². The van der Waals surface area contributed by atoms with E-state index in [0.717, 1.165) is 28.7 Å². The molecule has 2 aromatic heterocycles. The maximum absolute atomic E-state index is 6.14. The van der Waals surface area contributed by atoms with Gasteiger partial charge < -0.3 is 9.30 Å². The first-order valence-corrected chi connectivity index (χ1v) is 6.91. The maximum Gasteiger partial charge on any atom is 0.155 e. The summed E-state index contributed by atoms with van der Waals surface area (Å²) in [6.45, 7) is 2.41. The molecule has 0 aliphatic carbocycles. The van der Waals surface area contributed by atoms with Crippen LogP contribution < -0.4 is 0 Å². The van der Waals surface area contributed by atoms with Crippen molar-refractivity contribution in [3.8, 4) is 0 Å². The Kier molecular flexibility index (Phi) is 3.27. The Morgan fingerprint density at radius 3 is 2.89 bits per heavy atom. The number of rotatable bonds is 2. The van der Waals surface area contributed by atoms with Crippen LogP contribution in [0.3, 0.4) is 0 Å². The third-order valence-electron chi connectivity index (χ3n) is 3.82. The van der Waals surface area contributed by atoms with Gasteiger partial charge in [-0.25, -0.2) is 4.98 Å². The van der Waals surface area contributed by atoms with Crippen LogP contribution >= 0.6 is 11.6 Å². The molecular formula is C14H18ClN3. The van der Waals surface area contributed by atoms with Gasteiger partial charge in [0, 0.05) is 12.4 Å². The van der Waals surface area contributed by atoms with Gasteiger partial charge in [0.25, 0.3) is 0 Å². The number of nitrogens with zero attached hydrogens (tertiary/aromatic N) is 3. The summed E-state index contributed by atoms with van der Waals surface area (Å²) in [7, 11) is 2.20. The lowest BCUT2D eigenvalue weighted by molar-refractivity contribution is 0.218. The van der Waals surface area contributed by atoms with Crippen molar-refractivity contribution in [2.75, 3.05) is 20.1 Å².